The van der Waals surface area contributed by atoms with E-state index >= 15 is 0 Å². The van der Waals surface area contributed by atoms with Crippen LogP contribution in [0.25, 0.3) is 11.3 Å². The van der Waals surface area contributed by atoms with Gasteiger partial charge in [0.05, 0.1) is 30.2 Å². The maximum Gasteiger partial charge on any atom is 0.437 e. The van der Waals surface area contributed by atoms with Crippen molar-refractivity contribution in [3.05, 3.63) is 104 Å². The van der Waals surface area contributed by atoms with Crippen LogP contribution in [0.3, 0.4) is 0 Å². The Morgan fingerprint density at radius 1 is 1.11 bits per heavy atom. The van der Waals surface area contributed by atoms with Crippen LogP contribution in [0.4, 0.5) is 13.2 Å². The topological polar surface area (TPSA) is 114 Å². The van der Waals surface area contributed by atoms with Crippen LogP contribution in [0.1, 0.15) is 22.4 Å². The van der Waals surface area contributed by atoms with Gasteiger partial charge in [-0.15, -0.1) is 0 Å². The Labute approximate surface area is 195 Å². The number of ether oxygens (including phenoxy) is 1. The van der Waals surface area contributed by atoms with Crippen LogP contribution >= 0.6 is 0 Å². The lowest BCUT2D eigenvalue weighted by molar-refractivity contribution is -0.142. The van der Waals surface area contributed by atoms with Crippen LogP contribution in [0.2, 0.25) is 0 Å². The first-order valence-corrected chi connectivity index (χ1v) is 10.2. The van der Waals surface area contributed by atoms with Gasteiger partial charge in [0.1, 0.15) is 5.75 Å². The Morgan fingerprint density at radius 2 is 1.86 bits per heavy atom. The Hall–Kier alpha value is -4.72. The molecule has 1 N–H and O–H groups in total. The number of nitriles is 1. The molecule has 0 saturated heterocycles. The summed E-state index contributed by atoms with van der Waals surface area (Å²) in [5.41, 5.74) is -1.40. The molecule has 176 valence electrons. The second kappa shape index (κ2) is 9.26. The van der Waals surface area contributed by atoms with Gasteiger partial charge in [-0.2, -0.15) is 23.5 Å². The van der Waals surface area contributed by atoms with Gasteiger partial charge in [-0.3, -0.25) is 14.2 Å². The number of aryl methyl sites for hydroxylation is 1. The average Bonchev–Trinajstić information content (AvgIpc) is 2.82. The second-order valence-electron chi connectivity index (χ2n) is 7.58. The van der Waals surface area contributed by atoms with Gasteiger partial charge in [0, 0.05) is 11.1 Å². The van der Waals surface area contributed by atoms with E-state index < -0.39 is 28.7 Å². The van der Waals surface area contributed by atoms with Crippen molar-refractivity contribution < 1.29 is 17.9 Å². The summed E-state index contributed by atoms with van der Waals surface area (Å²) in [4.78, 5) is 28.8. The quantitative estimate of drug-likeness (QED) is 0.462. The van der Waals surface area contributed by atoms with E-state index in [9.17, 15) is 22.8 Å². The van der Waals surface area contributed by atoms with E-state index in [-0.39, 0.29) is 23.4 Å². The summed E-state index contributed by atoms with van der Waals surface area (Å²) in [5.74, 6) is -1.19. The molecule has 11 heteroatoms. The summed E-state index contributed by atoms with van der Waals surface area (Å²) in [6, 6.07) is 16.3. The van der Waals surface area contributed by atoms with Crippen LogP contribution in [0, 0.1) is 18.3 Å². The van der Waals surface area contributed by atoms with Gasteiger partial charge in [-0.05, 0) is 36.8 Å². The fraction of sp³-hybridized carbons (Fsp3) is 0.125. The lowest BCUT2D eigenvalue weighted by atomic mass is 10.1. The summed E-state index contributed by atoms with van der Waals surface area (Å²) in [5, 5.41) is 15.4. The number of hydrogen-bond donors (Lipinski definition) is 1. The number of halogens is 3. The number of H-pyrrole nitrogens is 1. The van der Waals surface area contributed by atoms with E-state index in [0.717, 1.165) is 4.57 Å². The summed E-state index contributed by atoms with van der Waals surface area (Å²) in [6.07, 6.45) is -4.28. The maximum absolute atomic E-state index is 13.6. The number of aromatic nitrogens is 4. The molecular formula is C24H16F3N5O3. The van der Waals surface area contributed by atoms with Crippen LogP contribution in [-0.4, -0.2) is 19.7 Å². The second-order valence-corrected chi connectivity index (χ2v) is 7.58. The first kappa shape index (κ1) is 23.4. The SMILES string of the molecule is Cc1cc(C#N)cc(Oc2c(C(F)(F)F)ncn(Cc3cc(-c4ccccc4)n[nH]c3=O)c2=O)c1. The largest absolute Gasteiger partial charge is 0.449 e. The molecule has 4 rings (SSSR count). The van der Waals surface area contributed by atoms with E-state index in [4.69, 9.17) is 10.00 Å². The summed E-state index contributed by atoms with van der Waals surface area (Å²) < 4.78 is 47.0. The smallest absolute Gasteiger partial charge is 0.437 e. The molecule has 35 heavy (non-hydrogen) atoms. The molecule has 0 unspecified atom stereocenters. The molecule has 8 nitrogen and oxygen atoms in total. The van der Waals surface area contributed by atoms with Crippen molar-refractivity contribution in [1.29, 1.82) is 5.26 Å². The van der Waals surface area contributed by atoms with Gasteiger partial charge in [0.15, 0.2) is 5.69 Å². The van der Waals surface area contributed by atoms with E-state index in [1.165, 1.54) is 24.3 Å². The van der Waals surface area contributed by atoms with Crippen molar-refractivity contribution in [2.45, 2.75) is 19.6 Å². The zero-order chi connectivity index (χ0) is 25.2. The van der Waals surface area contributed by atoms with Crippen LogP contribution in [-0.2, 0) is 12.7 Å². The number of nitrogens with one attached hydrogen (secondary N) is 1. The third-order valence-electron chi connectivity index (χ3n) is 4.96. The van der Waals surface area contributed by atoms with Gasteiger partial charge in [-0.1, -0.05) is 30.3 Å². The molecule has 0 aliphatic rings. The minimum absolute atomic E-state index is 0.0794. The normalized spacial score (nSPS) is 11.2. The minimum atomic E-state index is -4.98. The van der Waals surface area contributed by atoms with E-state index in [0.29, 0.717) is 23.1 Å². The van der Waals surface area contributed by atoms with Gasteiger partial charge in [0.25, 0.3) is 11.1 Å². The predicted octanol–water partition coefficient (Wildman–Crippen LogP) is 4.03. The lowest BCUT2D eigenvalue weighted by Gasteiger charge is -2.15. The van der Waals surface area contributed by atoms with Crippen molar-refractivity contribution in [3.8, 4) is 28.8 Å². The fourth-order valence-corrected chi connectivity index (χ4v) is 3.37. The van der Waals surface area contributed by atoms with E-state index in [1.54, 1.807) is 37.3 Å². The molecule has 0 radical (unpaired) electrons. The third kappa shape index (κ3) is 5.11. The molecule has 0 atom stereocenters. The van der Waals surface area contributed by atoms with Crippen LogP contribution < -0.4 is 15.9 Å². The first-order valence-electron chi connectivity index (χ1n) is 10.2. The predicted molar refractivity (Wildman–Crippen MR) is 119 cm³/mol. The van der Waals surface area contributed by atoms with Gasteiger partial charge in [0.2, 0.25) is 5.75 Å². The Balaban J connectivity index is 1.78. The fourth-order valence-electron chi connectivity index (χ4n) is 3.37. The number of benzene rings is 2. The molecule has 0 spiro atoms. The third-order valence-corrected chi connectivity index (χ3v) is 4.96. The highest BCUT2D eigenvalue weighted by Gasteiger charge is 2.38. The molecular weight excluding hydrogens is 463 g/mol. The minimum Gasteiger partial charge on any atom is -0.449 e. The Bertz CT molecular complexity index is 1550. The highest BCUT2D eigenvalue weighted by Crippen LogP contribution is 2.34. The number of alkyl halides is 3. The molecule has 0 amide bonds. The number of rotatable bonds is 5. The van der Waals surface area contributed by atoms with Crippen LogP contribution in [0.5, 0.6) is 11.5 Å². The molecule has 4 aromatic rings. The van der Waals surface area contributed by atoms with Gasteiger partial charge < -0.3 is 4.74 Å². The first-order chi connectivity index (χ1) is 16.7. The average molecular weight is 479 g/mol. The molecule has 2 aromatic heterocycles. The summed E-state index contributed by atoms with van der Waals surface area (Å²) >= 11 is 0. The van der Waals surface area contributed by atoms with E-state index in [2.05, 4.69) is 15.2 Å². The number of nitrogens with zero attached hydrogens (tertiary/aromatic N) is 4. The number of aromatic amines is 1. The Morgan fingerprint density at radius 3 is 2.54 bits per heavy atom. The van der Waals surface area contributed by atoms with Crippen molar-refractivity contribution in [1.82, 2.24) is 19.7 Å². The molecule has 2 heterocycles. The summed E-state index contributed by atoms with van der Waals surface area (Å²) in [6.45, 7) is 1.25. The Kier molecular flexibility index (Phi) is 6.20. The lowest BCUT2D eigenvalue weighted by Crippen LogP contribution is -2.28. The van der Waals surface area contributed by atoms with Gasteiger partial charge >= 0.3 is 6.18 Å². The zero-order valence-electron chi connectivity index (χ0n) is 18.1. The van der Waals surface area contributed by atoms with Gasteiger partial charge in [-0.25, -0.2) is 10.1 Å². The standard InChI is InChI=1S/C24H16F3N5O3/c1-14-7-15(11-28)9-18(8-14)35-20-21(24(25,26)27)29-13-32(23(20)34)12-17-10-19(30-31-22(17)33)16-5-3-2-4-6-16/h2-10,13H,12H2,1H3,(H,31,33). The van der Waals surface area contributed by atoms with Crippen molar-refractivity contribution in [2.24, 2.45) is 0 Å². The molecule has 2 aromatic carbocycles. The van der Waals surface area contributed by atoms with Crippen molar-refractivity contribution in [3.63, 3.8) is 0 Å². The number of hydrogen-bond acceptors (Lipinski definition) is 6. The maximum atomic E-state index is 13.6. The van der Waals surface area contributed by atoms with Crippen molar-refractivity contribution in [2.75, 3.05) is 0 Å². The molecule has 0 fully saturated rings. The molecule has 0 saturated carbocycles. The molecule has 0 aliphatic heterocycles. The molecule has 0 aliphatic carbocycles. The monoisotopic (exact) mass is 479 g/mol. The molecule has 0 bridgehead atoms. The summed E-state index contributed by atoms with van der Waals surface area (Å²) in [7, 11) is 0. The van der Waals surface area contributed by atoms with Crippen LogP contribution in [0.15, 0.2) is 70.5 Å². The van der Waals surface area contributed by atoms with Crippen molar-refractivity contribution >= 4 is 0 Å². The van der Waals surface area contributed by atoms with E-state index in [1.807, 2.05) is 6.07 Å². The highest BCUT2D eigenvalue weighted by molar-refractivity contribution is 5.58. The highest BCUT2D eigenvalue weighted by atomic mass is 19.4. The zero-order valence-corrected chi connectivity index (χ0v) is 18.1.